The van der Waals surface area contributed by atoms with E-state index >= 15 is 0 Å². The van der Waals surface area contributed by atoms with Gasteiger partial charge in [0.2, 0.25) is 0 Å². The molecule has 0 aliphatic carbocycles. The average molecular weight is 310 g/mol. The van der Waals surface area contributed by atoms with Crippen molar-refractivity contribution in [3.8, 4) is 0 Å². The summed E-state index contributed by atoms with van der Waals surface area (Å²) in [7, 11) is 0. The fraction of sp³-hybridized carbons (Fsp3) is 0.895. The highest BCUT2D eigenvalue weighted by atomic mass is 16.5. The fourth-order valence-corrected chi connectivity index (χ4v) is 3.12. The zero-order valence-electron chi connectivity index (χ0n) is 15.0. The van der Waals surface area contributed by atoms with E-state index in [9.17, 15) is 9.59 Å². The molecule has 0 amide bonds. The molecule has 0 saturated carbocycles. The van der Waals surface area contributed by atoms with Crippen LogP contribution < -0.4 is 0 Å². The Morgan fingerprint density at radius 1 is 1.18 bits per heavy atom. The summed E-state index contributed by atoms with van der Waals surface area (Å²) >= 11 is 0. The second kappa shape index (κ2) is 9.32. The van der Waals surface area contributed by atoms with Gasteiger partial charge in [0.25, 0.3) is 0 Å². The Balaban J connectivity index is 2.08. The molecule has 1 rings (SSSR count). The van der Waals surface area contributed by atoms with Crippen LogP contribution >= 0.6 is 0 Å². The topological polar surface area (TPSA) is 43.4 Å². The van der Waals surface area contributed by atoms with Gasteiger partial charge < -0.3 is 4.74 Å². The maximum absolute atomic E-state index is 11.8. The Bertz CT molecular complexity index is 358. The molecule has 1 aliphatic rings. The molecule has 1 heterocycles. The fourth-order valence-electron chi connectivity index (χ4n) is 3.12. The van der Waals surface area contributed by atoms with Crippen LogP contribution in [0.1, 0.15) is 85.5 Å². The number of ketones is 1. The summed E-state index contributed by atoms with van der Waals surface area (Å²) in [6, 6.07) is 0. The highest BCUT2D eigenvalue weighted by molar-refractivity contribution is 5.78. The molecule has 1 aliphatic heterocycles. The van der Waals surface area contributed by atoms with Gasteiger partial charge in [0.05, 0.1) is 13.0 Å². The van der Waals surface area contributed by atoms with Gasteiger partial charge in [-0.1, -0.05) is 47.0 Å². The van der Waals surface area contributed by atoms with Crippen LogP contribution in [0.15, 0.2) is 0 Å². The third kappa shape index (κ3) is 7.42. The predicted molar refractivity (Wildman–Crippen MR) is 89.6 cm³/mol. The number of unbranched alkanes of at least 4 members (excludes halogenated alkanes) is 2. The maximum atomic E-state index is 11.8. The monoisotopic (exact) mass is 310 g/mol. The quantitative estimate of drug-likeness (QED) is 0.402. The normalized spacial score (nSPS) is 18.8. The third-order valence-corrected chi connectivity index (χ3v) is 4.98. The minimum Gasteiger partial charge on any atom is -0.465 e. The second-order valence-electron chi connectivity index (χ2n) is 7.96. The highest BCUT2D eigenvalue weighted by Crippen LogP contribution is 2.38. The number of hydrogen-bond donors (Lipinski definition) is 0. The molecule has 1 saturated heterocycles. The van der Waals surface area contributed by atoms with Gasteiger partial charge in [0, 0.05) is 18.8 Å². The van der Waals surface area contributed by atoms with Gasteiger partial charge in [0.15, 0.2) is 0 Å². The van der Waals surface area contributed by atoms with E-state index in [1.165, 1.54) is 12.8 Å². The molecule has 0 aromatic heterocycles. The van der Waals surface area contributed by atoms with Gasteiger partial charge in [-0.2, -0.15) is 0 Å². The van der Waals surface area contributed by atoms with Crippen LogP contribution in [0.3, 0.4) is 0 Å². The van der Waals surface area contributed by atoms with Gasteiger partial charge in [-0.3, -0.25) is 9.59 Å². The summed E-state index contributed by atoms with van der Waals surface area (Å²) in [4.78, 5) is 23.1. The first kappa shape index (κ1) is 19.2. The van der Waals surface area contributed by atoms with Crippen molar-refractivity contribution >= 4 is 11.8 Å². The lowest BCUT2D eigenvalue weighted by Gasteiger charge is -2.29. The van der Waals surface area contributed by atoms with E-state index in [2.05, 4.69) is 27.7 Å². The smallest absolute Gasteiger partial charge is 0.306 e. The molecule has 128 valence electrons. The largest absolute Gasteiger partial charge is 0.465 e. The Kier molecular flexibility index (Phi) is 8.13. The van der Waals surface area contributed by atoms with Crippen LogP contribution in [0.2, 0.25) is 0 Å². The minimum atomic E-state index is -0.0605. The van der Waals surface area contributed by atoms with E-state index in [1.807, 2.05) is 0 Å². The zero-order chi connectivity index (χ0) is 16.6. The molecule has 3 nitrogen and oxygen atoms in total. The van der Waals surface area contributed by atoms with E-state index in [-0.39, 0.29) is 11.4 Å². The van der Waals surface area contributed by atoms with E-state index < -0.39 is 0 Å². The third-order valence-electron chi connectivity index (χ3n) is 4.98. The van der Waals surface area contributed by atoms with Crippen LogP contribution in [0.25, 0.3) is 0 Å². The number of carbonyl (C=O) groups excluding carboxylic acids is 2. The summed E-state index contributed by atoms with van der Waals surface area (Å²) in [5.41, 5.74) is 0.131. The molecule has 3 heteroatoms. The number of rotatable bonds is 11. The molecular formula is C19H34O3. The molecule has 1 unspecified atom stereocenters. The van der Waals surface area contributed by atoms with Gasteiger partial charge in [-0.25, -0.2) is 0 Å². The van der Waals surface area contributed by atoms with Crippen molar-refractivity contribution in [2.75, 3.05) is 6.61 Å². The lowest BCUT2D eigenvalue weighted by atomic mass is 9.74. The summed E-state index contributed by atoms with van der Waals surface area (Å²) in [5, 5.41) is 0. The second-order valence-corrected chi connectivity index (χ2v) is 7.96. The van der Waals surface area contributed by atoms with Crippen molar-refractivity contribution in [1.82, 2.24) is 0 Å². The van der Waals surface area contributed by atoms with Crippen molar-refractivity contribution in [3.63, 3.8) is 0 Å². The number of carbonyl (C=O) groups is 2. The van der Waals surface area contributed by atoms with Crippen molar-refractivity contribution in [1.29, 1.82) is 0 Å². The van der Waals surface area contributed by atoms with Gasteiger partial charge in [0.1, 0.15) is 5.78 Å². The van der Waals surface area contributed by atoms with Gasteiger partial charge in [-0.15, -0.1) is 0 Å². The lowest BCUT2D eigenvalue weighted by molar-refractivity contribution is -0.138. The first-order valence-corrected chi connectivity index (χ1v) is 8.98. The van der Waals surface area contributed by atoms with E-state index in [4.69, 9.17) is 4.74 Å². The molecule has 22 heavy (non-hydrogen) atoms. The van der Waals surface area contributed by atoms with Crippen LogP contribution in [-0.2, 0) is 14.3 Å². The van der Waals surface area contributed by atoms with Crippen molar-refractivity contribution in [2.45, 2.75) is 85.5 Å². The zero-order valence-corrected chi connectivity index (χ0v) is 15.0. The van der Waals surface area contributed by atoms with E-state index in [0.29, 0.717) is 24.7 Å². The molecule has 0 aromatic carbocycles. The predicted octanol–water partition coefficient (Wildman–Crippen LogP) is 4.92. The van der Waals surface area contributed by atoms with E-state index in [1.54, 1.807) is 0 Å². The average Bonchev–Trinajstić information content (AvgIpc) is 2.87. The number of ether oxygens (including phenoxy) is 1. The van der Waals surface area contributed by atoms with Crippen LogP contribution in [-0.4, -0.2) is 18.4 Å². The molecule has 0 bridgehead atoms. The maximum Gasteiger partial charge on any atom is 0.306 e. The molecule has 1 atom stereocenters. The minimum absolute atomic E-state index is 0.0605. The van der Waals surface area contributed by atoms with Gasteiger partial charge in [-0.05, 0) is 30.6 Å². The first-order chi connectivity index (χ1) is 10.3. The number of hydrogen-bond acceptors (Lipinski definition) is 3. The Hall–Kier alpha value is -0.860. The van der Waals surface area contributed by atoms with Crippen molar-refractivity contribution in [2.24, 2.45) is 17.3 Å². The van der Waals surface area contributed by atoms with Crippen molar-refractivity contribution in [3.05, 3.63) is 0 Å². The molecule has 1 fully saturated rings. The van der Waals surface area contributed by atoms with E-state index in [0.717, 1.165) is 44.4 Å². The molecule has 0 aromatic rings. The number of Topliss-reactive ketones (excluding diaryl/α,β-unsaturated/α-hetero) is 1. The van der Waals surface area contributed by atoms with Crippen LogP contribution in [0.4, 0.5) is 0 Å². The first-order valence-electron chi connectivity index (χ1n) is 8.98. The summed E-state index contributed by atoms with van der Waals surface area (Å²) in [6.07, 6.45) is 8.58. The Labute approximate surface area is 136 Å². The van der Waals surface area contributed by atoms with Crippen LogP contribution in [0, 0.1) is 17.3 Å². The lowest BCUT2D eigenvalue weighted by Crippen LogP contribution is -2.24. The summed E-state index contributed by atoms with van der Waals surface area (Å²) in [6.45, 7) is 9.46. The van der Waals surface area contributed by atoms with Gasteiger partial charge >= 0.3 is 5.97 Å². The molecule has 0 radical (unpaired) electrons. The van der Waals surface area contributed by atoms with Crippen molar-refractivity contribution < 1.29 is 14.3 Å². The number of esters is 1. The Morgan fingerprint density at radius 3 is 2.36 bits per heavy atom. The molecular weight excluding hydrogens is 276 g/mol. The molecule has 0 spiro atoms. The SMILES string of the molecule is CC(C)CCCCC(=O)CCCCC(C)(C)C1COC(=O)C1. The Morgan fingerprint density at radius 2 is 1.82 bits per heavy atom. The summed E-state index contributed by atoms with van der Waals surface area (Å²) < 4.78 is 5.07. The van der Waals surface area contributed by atoms with Crippen LogP contribution in [0.5, 0.6) is 0 Å². The summed E-state index contributed by atoms with van der Waals surface area (Å²) in [5.74, 6) is 1.44. The molecule has 0 N–H and O–H groups in total. The highest BCUT2D eigenvalue weighted by Gasteiger charge is 2.36. The number of cyclic esters (lactones) is 1. The standard InChI is InChI=1S/C19H34O3/c1-15(2)9-5-6-10-17(20)11-7-8-12-19(3,4)16-13-18(21)22-14-16/h15-16H,5-14H2,1-4H3.